The van der Waals surface area contributed by atoms with Crippen molar-refractivity contribution in [2.45, 2.75) is 62.3 Å². The van der Waals surface area contributed by atoms with E-state index >= 15 is 0 Å². The van der Waals surface area contributed by atoms with Crippen LogP contribution < -0.4 is 0 Å². The summed E-state index contributed by atoms with van der Waals surface area (Å²) in [4.78, 5) is 23.2. The van der Waals surface area contributed by atoms with Crippen molar-refractivity contribution in [3.05, 3.63) is 0 Å². The van der Waals surface area contributed by atoms with Crippen LogP contribution in [0.2, 0.25) is 0 Å². The van der Waals surface area contributed by atoms with Crippen LogP contribution in [0.15, 0.2) is 0 Å². The number of hydrogen-bond donors (Lipinski definition) is 6. The van der Waals surface area contributed by atoms with Gasteiger partial charge in [-0.2, -0.15) is 0 Å². The van der Waals surface area contributed by atoms with Crippen molar-refractivity contribution >= 4 is 11.9 Å². The first-order chi connectivity index (χ1) is 10.7. The molecule has 9 nitrogen and oxygen atoms in total. The molecule has 0 saturated heterocycles. The molecule has 6 N–H and O–H groups in total. The Morgan fingerprint density at radius 3 is 1.74 bits per heavy atom. The smallest absolute Gasteiger partial charge is 0.309 e. The van der Waals surface area contributed by atoms with Gasteiger partial charge in [0.2, 0.25) is 0 Å². The second-order valence-corrected chi connectivity index (χ2v) is 6.33. The highest BCUT2D eigenvalue weighted by molar-refractivity contribution is 5.73. The highest BCUT2D eigenvalue weighted by Crippen LogP contribution is 2.31. The first kappa shape index (κ1) is 18.1. The molecule has 23 heavy (non-hydrogen) atoms. The van der Waals surface area contributed by atoms with Gasteiger partial charge < -0.3 is 35.4 Å². The number of aliphatic hydroxyl groups excluding tert-OH is 5. The van der Waals surface area contributed by atoms with Gasteiger partial charge in [-0.05, 0) is 19.3 Å². The Bertz CT molecular complexity index is 442. The first-order valence-corrected chi connectivity index (χ1v) is 7.54. The lowest BCUT2D eigenvalue weighted by Crippen LogP contribution is -2.50. The predicted octanol–water partition coefficient (Wildman–Crippen LogP) is -2.39. The molecule has 9 heteroatoms. The van der Waals surface area contributed by atoms with E-state index in [1.807, 2.05) is 0 Å². The summed E-state index contributed by atoms with van der Waals surface area (Å²) in [5, 5.41) is 57.2. The van der Waals surface area contributed by atoms with Gasteiger partial charge in [0.05, 0.1) is 30.1 Å². The van der Waals surface area contributed by atoms with Gasteiger partial charge in [-0.25, -0.2) is 0 Å². The molecular formula is C14H22O9. The summed E-state index contributed by atoms with van der Waals surface area (Å²) < 4.78 is 5.11. The van der Waals surface area contributed by atoms with Crippen molar-refractivity contribution in [1.82, 2.24) is 0 Å². The molecule has 0 amide bonds. The summed E-state index contributed by atoms with van der Waals surface area (Å²) in [5.41, 5.74) is 0. The minimum absolute atomic E-state index is 0.106. The number of carbonyl (C=O) groups excluding carboxylic acids is 1. The van der Waals surface area contributed by atoms with Crippen molar-refractivity contribution in [1.29, 1.82) is 0 Å². The number of aliphatic hydroxyl groups is 5. The Balaban J connectivity index is 1.99. The van der Waals surface area contributed by atoms with E-state index in [0.717, 1.165) is 0 Å². The Hall–Kier alpha value is -1.26. The lowest BCUT2D eigenvalue weighted by molar-refractivity contribution is -0.183. The first-order valence-electron chi connectivity index (χ1n) is 7.54. The molecular weight excluding hydrogens is 312 g/mol. The molecule has 2 rings (SSSR count). The van der Waals surface area contributed by atoms with Crippen LogP contribution in [-0.2, 0) is 14.3 Å². The van der Waals surface area contributed by atoms with E-state index < -0.39 is 60.4 Å². The maximum Gasteiger partial charge on any atom is 0.309 e. The molecule has 6 unspecified atom stereocenters. The predicted molar refractivity (Wildman–Crippen MR) is 73.0 cm³/mol. The van der Waals surface area contributed by atoms with Crippen LogP contribution >= 0.6 is 0 Å². The number of ether oxygens (including phenoxy) is 1. The maximum absolute atomic E-state index is 12.1. The third kappa shape index (κ3) is 3.99. The molecule has 2 aliphatic rings. The van der Waals surface area contributed by atoms with Crippen LogP contribution in [0.1, 0.15) is 25.7 Å². The molecule has 2 aliphatic carbocycles. The SMILES string of the molecule is O=C(O)C1CC(O)C(O)C(OC(=O)C2CC(O)C(O)C(O)C2)C1. The van der Waals surface area contributed by atoms with Gasteiger partial charge in [-0.15, -0.1) is 0 Å². The average molecular weight is 334 g/mol. The van der Waals surface area contributed by atoms with Gasteiger partial charge in [0, 0.05) is 6.42 Å². The largest absolute Gasteiger partial charge is 0.481 e. The molecule has 2 saturated carbocycles. The van der Waals surface area contributed by atoms with Crippen LogP contribution in [0.4, 0.5) is 0 Å². The summed E-state index contributed by atoms with van der Waals surface area (Å²) >= 11 is 0. The summed E-state index contributed by atoms with van der Waals surface area (Å²) in [7, 11) is 0. The standard InChI is InChI=1S/C14H22O9/c15-7-2-6(3-8(16)11(7)18)14(22)23-10-4-5(13(20)21)1-9(17)12(10)19/h5-12,15-19H,1-4H2,(H,20,21). The molecule has 0 aromatic carbocycles. The third-order valence-electron chi connectivity index (χ3n) is 4.61. The summed E-state index contributed by atoms with van der Waals surface area (Å²) in [6.45, 7) is 0. The van der Waals surface area contributed by atoms with E-state index in [1.165, 1.54) is 0 Å². The lowest BCUT2D eigenvalue weighted by Gasteiger charge is -2.37. The van der Waals surface area contributed by atoms with Crippen LogP contribution in [0.3, 0.4) is 0 Å². The zero-order valence-corrected chi connectivity index (χ0v) is 12.4. The Morgan fingerprint density at radius 2 is 1.22 bits per heavy atom. The Labute approximate surface area is 132 Å². The number of aliphatic carboxylic acids is 1. The van der Waals surface area contributed by atoms with Gasteiger partial charge >= 0.3 is 11.9 Å². The van der Waals surface area contributed by atoms with Crippen LogP contribution in [0, 0.1) is 11.8 Å². The number of carbonyl (C=O) groups is 2. The van der Waals surface area contributed by atoms with Gasteiger partial charge in [0.1, 0.15) is 18.3 Å². The topological polar surface area (TPSA) is 165 Å². The number of hydrogen-bond acceptors (Lipinski definition) is 8. The van der Waals surface area contributed by atoms with E-state index in [0.29, 0.717) is 0 Å². The zero-order valence-electron chi connectivity index (χ0n) is 12.4. The van der Waals surface area contributed by atoms with Crippen molar-refractivity contribution in [2.75, 3.05) is 0 Å². The van der Waals surface area contributed by atoms with Crippen molar-refractivity contribution in [3.8, 4) is 0 Å². The van der Waals surface area contributed by atoms with Crippen LogP contribution in [0.25, 0.3) is 0 Å². The molecule has 0 aliphatic heterocycles. The second kappa shape index (κ2) is 7.10. The number of esters is 1. The van der Waals surface area contributed by atoms with Gasteiger partial charge in [-0.1, -0.05) is 0 Å². The van der Waals surface area contributed by atoms with Crippen molar-refractivity contribution in [3.63, 3.8) is 0 Å². The Morgan fingerprint density at radius 1 is 0.739 bits per heavy atom. The van der Waals surface area contributed by atoms with Crippen molar-refractivity contribution in [2.24, 2.45) is 11.8 Å². The van der Waals surface area contributed by atoms with Gasteiger partial charge in [0.15, 0.2) is 0 Å². The normalized spacial score (nSPS) is 44.6. The van der Waals surface area contributed by atoms with E-state index in [4.69, 9.17) is 9.84 Å². The fourth-order valence-electron chi connectivity index (χ4n) is 3.17. The molecule has 2 fully saturated rings. The second-order valence-electron chi connectivity index (χ2n) is 6.33. The Kier molecular flexibility index (Phi) is 5.58. The fraction of sp³-hybridized carbons (Fsp3) is 0.857. The van der Waals surface area contributed by atoms with E-state index in [-0.39, 0.29) is 25.7 Å². The summed E-state index contributed by atoms with van der Waals surface area (Å²) in [6.07, 6.45) is -8.22. The molecule has 0 heterocycles. The number of rotatable bonds is 3. The molecule has 0 bridgehead atoms. The number of carboxylic acid groups (broad SMARTS) is 1. The van der Waals surface area contributed by atoms with E-state index in [2.05, 4.69) is 0 Å². The molecule has 0 aromatic heterocycles. The number of carboxylic acids is 1. The van der Waals surface area contributed by atoms with Gasteiger partial charge in [-0.3, -0.25) is 9.59 Å². The molecule has 6 atom stereocenters. The quantitative estimate of drug-likeness (QED) is 0.309. The molecule has 132 valence electrons. The average Bonchev–Trinajstić information content (AvgIpc) is 2.48. The maximum atomic E-state index is 12.1. The highest BCUT2D eigenvalue weighted by Gasteiger charge is 2.43. The third-order valence-corrected chi connectivity index (χ3v) is 4.61. The summed E-state index contributed by atoms with van der Waals surface area (Å²) in [6, 6.07) is 0. The van der Waals surface area contributed by atoms with Crippen LogP contribution in [-0.4, -0.2) is 79.2 Å². The van der Waals surface area contributed by atoms with Crippen LogP contribution in [0.5, 0.6) is 0 Å². The molecule has 0 aromatic rings. The lowest BCUT2D eigenvalue weighted by atomic mass is 9.82. The zero-order chi connectivity index (χ0) is 17.3. The highest BCUT2D eigenvalue weighted by atomic mass is 16.6. The molecule has 0 spiro atoms. The van der Waals surface area contributed by atoms with E-state index in [9.17, 15) is 35.1 Å². The fourth-order valence-corrected chi connectivity index (χ4v) is 3.17. The minimum Gasteiger partial charge on any atom is -0.481 e. The van der Waals surface area contributed by atoms with Gasteiger partial charge in [0.25, 0.3) is 0 Å². The van der Waals surface area contributed by atoms with E-state index in [1.54, 1.807) is 0 Å². The summed E-state index contributed by atoms with van der Waals surface area (Å²) in [5.74, 6) is -3.77. The monoisotopic (exact) mass is 334 g/mol. The van der Waals surface area contributed by atoms with Crippen molar-refractivity contribution < 1.29 is 45.0 Å². The minimum atomic E-state index is -1.39. The molecule has 0 radical (unpaired) electrons.